The smallest absolute Gasteiger partial charge is 0.188 e. The van der Waals surface area contributed by atoms with Gasteiger partial charge in [-0.05, 0) is 143 Å². The maximum Gasteiger partial charge on any atom is 0.188 e. The second-order valence-electron chi connectivity index (χ2n) is 20.8. The molecule has 0 amide bonds. The highest BCUT2D eigenvalue weighted by atomic mass is 31.1. The van der Waals surface area contributed by atoms with Crippen LogP contribution in [-0.4, -0.2) is 47.4 Å². The first-order valence-corrected chi connectivity index (χ1v) is 29.2. The molecular weight excluding hydrogens is 1010 g/mol. The SMILES string of the molecule is COCOc1c(Pc2c(C)cccc2OC)cccc1-c1c(C(C)C)cccc1C(C)C.COc1cccc(C)c1.COc1cccc(C)c1.COc1cccc(C)c1Pc1cccc(-c2c(C(C)C)cccc2C(C)C)c1O. The zero-order chi connectivity index (χ0) is 57.8. The van der Waals surface area contributed by atoms with Crippen LogP contribution in [0.4, 0.5) is 0 Å². The van der Waals surface area contributed by atoms with Crippen LogP contribution in [0.5, 0.6) is 34.5 Å². The minimum absolute atomic E-state index is 0.209. The predicted molar refractivity (Wildman–Crippen MR) is 340 cm³/mol. The lowest BCUT2D eigenvalue weighted by Gasteiger charge is -2.23. The summed E-state index contributed by atoms with van der Waals surface area (Å²) in [7, 11) is 9.19. The van der Waals surface area contributed by atoms with Crippen molar-refractivity contribution in [3.63, 3.8) is 0 Å². The molecule has 7 nitrogen and oxygen atoms in total. The summed E-state index contributed by atoms with van der Waals surface area (Å²) < 4.78 is 32.8. The Labute approximate surface area is 477 Å². The van der Waals surface area contributed by atoms with Crippen molar-refractivity contribution in [3.8, 4) is 56.8 Å². The topological polar surface area (TPSA) is 75.6 Å². The fraction of sp³-hybridized carbons (Fsp3) is 0.314. The van der Waals surface area contributed by atoms with Gasteiger partial charge in [0, 0.05) is 39.5 Å². The van der Waals surface area contributed by atoms with Gasteiger partial charge in [0.05, 0.1) is 28.4 Å². The molecule has 0 aromatic heterocycles. The molecule has 0 aliphatic carbocycles. The highest BCUT2D eigenvalue weighted by Gasteiger charge is 2.23. The number of benzene rings is 8. The van der Waals surface area contributed by atoms with Gasteiger partial charge in [-0.2, -0.15) is 0 Å². The van der Waals surface area contributed by atoms with E-state index >= 15 is 0 Å². The Balaban J connectivity index is 0.000000221. The van der Waals surface area contributed by atoms with Crippen LogP contribution >= 0.6 is 17.2 Å². The molecule has 79 heavy (non-hydrogen) atoms. The Morgan fingerprint density at radius 3 is 1.15 bits per heavy atom. The molecule has 0 heterocycles. The monoisotopic (exact) mass is 1100 g/mol. The summed E-state index contributed by atoms with van der Waals surface area (Å²) in [6.45, 7) is 26.4. The van der Waals surface area contributed by atoms with Gasteiger partial charge in [-0.3, -0.25) is 0 Å². The first kappa shape index (κ1) is 63.2. The van der Waals surface area contributed by atoms with Crippen molar-refractivity contribution >= 4 is 38.4 Å². The van der Waals surface area contributed by atoms with Gasteiger partial charge >= 0.3 is 0 Å². The Bertz CT molecular complexity index is 3100. The van der Waals surface area contributed by atoms with Crippen molar-refractivity contribution in [1.82, 2.24) is 0 Å². The van der Waals surface area contributed by atoms with Gasteiger partial charge in [-0.1, -0.05) is 194 Å². The van der Waals surface area contributed by atoms with Gasteiger partial charge in [0.2, 0.25) is 0 Å². The third kappa shape index (κ3) is 17.2. The van der Waals surface area contributed by atoms with Gasteiger partial charge in [-0.25, -0.2) is 0 Å². The average molecular weight is 1100 g/mol. The summed E-state index contributed by atoms with van der Waals surface area (Å²) in [4.78, 5) is 0. The summed E-state index contributed by atoms with van der Waals surface area (Å²) in [5.74, 6) is 6.49. The number of ether oxygens (including phenoxy) is 6. The highest BCUT2D eigenvalue weighted by molar-refractivity contribution is 7.56. The molecule has 418 valence electrons. The molecule has 0 spiro atoms. The molecule has 8 aromatic carbocycles. The van der Waals surface area contributed by atoms with E-state index in [0.29, 0.717) is 46.6 Å². The molecule has 2 atom stereocenters. The maximum absolute atomic E-state index is 11.3. The predicted octanol–water partition coefficient (Wildman–Crippen LogP) is 16.8. The van der Waals surface area contributed by atoms with Crippen molar-refractivity contribution in [1.29, 1.82) is 0 Å². The molecule has 0 aliphatic heterocycles. The first-order chi connectivity index (χ1) is 37.9. The van der Waals surface area contributed by atoms with E-state index in [9.17, 15) is 5.11 Å². The number of aryl methyl sites for hydroxylation is 4. The molecule has 1 N–H and O–H groups in total. The largest absolute Gasteiger partial charge is 0.507 e. The minimum Gasteiger partial charge on any atom is -0.507 e. The second-order valence-corrected chi connectivity index (χ2v) is 23.3. The van der Waals surface area contributed by atoms with Crippen LogP contribution in [0.3, 0.4) is 0 Å². The van der Waals surface area contributed by atoms with Crippen molar-refractivity contribution in [3.05, 3.63) is 202 Å². The maximum atomic E-state index is 11.3. The molecule has 0 saturated heterocycles. The van der Waals surface area contributed by atoms with Crippen LogP contribution in [-0.2, 0) is 4.74 Å². The van der Waals surface area contributed by atoms with Gasteiger partial charge in [0.1, 0.15) is 34.5 Å². The van der Waals surface area contributed by atoms with Crippen molar-refractivity contribution in [2.45, 2.75) is 107 Å². The Morgan fingerprint density at radius 2 is 0.772 bits per heavy atom. The molecule has 9 heteroatoms. The van der Waals surface area contributed by atoms with Crippen LogP contribution in [0.25, 0.3) is 22.3 Å². The van der Waals surface area contributed by atoms with E-state index in [4.69, 9.17) is 28.4 Å². The van der Waals surface area contributed by atoms with Gasteiger partial charge in [-0.15, -0.1) is 0 Å². The van der Waals surface area contributed by atoms with Crippen LogP contribution in [0, 0.1) is 27.7 Å². The lowest BCUT2D eigenvalue weighted by molar-refractivity contribution is 0.0523. The fourth-order valence-electron chi connectivity index (χ4n) is 9.37. The minimum atomic E-state index is 0.209. The van der Waals surface area contributed by atoms with E-state index in [1.54, 1.807) is 35.5 Å². The zero-order valence-corrected chi connectivity index (χ0v) is 51.9. The lowest BCUT2D eigenvalue weighted by Crippen LogP contribution is -2.15. The normalized spacial score (nSPS) is 11.1. The molecule has 2 unspecified atom stereocenters. The second kappa shape index (κ2) is 31.2. The van der Waals surface area contributed by atoms with Crippen LogP contribution in [0.15, 0.2) is 158 Å². The Morgan fingerprint density at radius 1 is 0.405 bits per heavy atom. The number of para-hydroxylation sites is 2. The van der Waals surface area contributed by atoms with E-state index in [1.165, 1.54) is 60.9 Å². The van der Waals surface area contributed by atoms with E-state index in [2.05, 4.69) is 142 Å². The molecular formula is C70H86O7P2. The van der Waals surface area contributed by atoms with Gasteiger partial charge in [0.25, 0.3) is 0 Å². The number of phenols is 1. The summed E-state index contributed by atoms with van der Waals surface area (Å²) >= 11 is 0. The van der Waals surface area contributed by atoms with Crippen molar-refractivity contribution < 1.29 is 33.5 Å². The molecule has 0 aliphatic rings. The summed E-state index contributed by atoms with van der Waals surface area (Å²) in [5.41, 5.74) is 14.6. The molecule has 0 fully saturated rings. The lowest BCUT2D eigenvalue weighted by atomic mass is 9.85. The fourth-order valence-corrected chi connectivity index (χ4v) is 12.0. The van der Waals surface area contributed by atoms with Gasteiger partial charge in [0.15, 0.2) is 6.79 Å². The number of rotatable bonds is 17. The average Bonchev–Trinajstić information content (AvgIpc) is 3.45. The third-order valence-corrected chi connectivity index (χ3v) is 16.7. The molecule has 0 radical (unpaired) electrons. The third-order valence-electron chi connectivity index (χ3n) is 13.5. The number of phenolic OH excluding ortho intramolecular Hbond substituents is 1. The molecule has 8 aromatic rings. The standard InChI is InChI=1S/C28H35O3P.C26H31O2P.2C8H10O/c1-18(2)21-12-9-13-22(19(3)4)26(21)23-14-10-16-25(27(23)31-17-29-6)32-28-20(5)11-8-15-24(28)30-7;1-16(2)19-11-8-12-20(17(3)4)24(19)21-13-9-15-23(25(21)27)29-26-18(5)10-7-14-22(26)28-6;2*1-7-4-3-5-8(6-7)9-2/h8-16,18-19,32H,17H2,1-7H3;7-17,27,29H,1-6H3;2*3-6H,1-2H3. The number of methoxy groups -OCH3 is 5. The Hall–Kier alpha value is -6.62. The number of hydrogen-bond acceptors (Lipinski definition) is 7. The van der Waals surface area contributed by atoms with Gasteiger partial charge < -0.3 is 33.5 Å². The molecule has 0 saturated carbocycles. The molecule has 0 bridgehead atoms. The van der Waals surface area contributed by atoms with E-state index < -0.39 is 0 Å². The summed E-state index contributed by atoms with van der Waals surface area (Å²) in [6, 6.07) is 54.0. The van der Waals surface area contributed by atoms with E-state index in [-0.39, 0.29) is 6.79 Å². The highest BCUT2D eigenvalue weighted by Crippen LogP contribution is 2.43. The zero-order valence-electron chi connectivity index (χ0n) is 49.9. The van der Waals surface area contributed by atoms with E-state index in [0.717, 1.165) is 55.8 Å². The van der Waals surface area contributed by atoms with Crippen LogP contribution in [0.1, 0.15) is 124 Å². The molecule has 8 rings (SSSR count). The quantitative estimate of drug-likeness (QED) is 0.0719. The van der Waals surface area contributed by atoms with Crippen LogP contribution < -0.4 is 44.9 Å². The Kier molecular flexibility index (Phi) is 25.0. The number of aromatic hydroxyl groups is 1. The summed E-state index contributed by atoms with van der Waals surface area (Å²) in [6.07, 6.45) is 0. The van der Waals surface area contributed by atoms with Crippen LogP contribution in [0.2, 0.25) is 0 Å². The van der Waals surface area contributed by atoms with Crippen molar-refractivity contribution in [2.75, 3.05) is 42.3 Å². The van der Waals surface area contributed by atoms with Crippen molar-refractivity contribution in [2.24, 2.45) is 0 Å². The number of hydrogen-bond donors (Lipinski definition) is 1. The summed E-state index contributed by atoms with van der Waals surface area (Å²) in [5, 5.41) is 15.8. The first-order valence-electron chi connectivity index (χ1n) is 27.2. The van der Waals surface area contributed by atoms with E-state index in [1.807, 2.05) is 98.8 Å².